The first-order chi connectivity index (χ1) is 9.95. The molecule has 1 aromatic heterocycles. The van der Waals surface area contributed by atoms with Crippen LogP contribution in [0.5, 0.6) is 11.5 Å². The smallest absolute Gasteiger partial charge is 0.296 e. The monoisotopic (exact) mass is 326 g/mol. The van der Waals surface area contributed by atoms with E-state index in [1.54, 1.807) is 6.07 Å². The zero-order valence-corrected chi connectivity index (χ0v) is 12.7. The van der Waals surface area contributed by atoms with Gasteiger partial charge < -0.3 is 9.84 Å². The second-order valence-corrected chi connectivity index (χ2v) is 4.76. The molecule has 0 aliphatic carbocycles. The maximum atomic E-state index is 11.9. The van der Waals surface area contributed by atoms with Gasteiger partial charge in [0.15, 0.2) is 11.5 Å². The van der Waals surface area contributed by atoms with Crippen LogP contribution in [0.25, 0.3) is 0 Å². The van der Waals surface area contributed by atoms with Crippen molar-refractivity contribution in [1.82, 2.24) is 14.9 Å². The Balaban J connectivity index is 2.49. The van der Waals surface area contributed by atoms with Gasteiger partial charge >= 0.3 is 0 Å². The number of aryl methyl sites for hydroxylation is 1. The Morgan fingerprint density at radius 2 is 2.29 bits per heavy atom. The van der Waals surface area contributed by atoms with E-state index in [4.69, 9.17) is 28.6 Å². The predicted octanol–water partition coefficient (Wildman–Crippen LogP) is 1.86. The number of hydrogen-bond donors (Lipinski definition) is 2. The topological polar surface area (TPSA) is 92.5 Å². The first-order valence-corrected chi connectivity index (χ1v) is 6.52. The maximum absolute atomic E-state index is 11.9. The largest absolute Gasteiger partial charge is 0.503 e. The van der Waals surface area contributed by atoms with E-state index in [1.807, 2.05) is 0 Å². The first kappa shape index (κ1) is 15.2. The number of H-pyrrole nitrogens is 1. The van der Waals surface area contributed by atoms with E-state index >= 15 is 0 Å². The minimum absolute atomic E-state index is 0.0516. The molecule has 0 saturated carbocycles. The van der Waals surface area contributed by atoms with E-state index in [1.165, 1.54) is 26.3 Å². The van der Waals surface area contributed by atoms with Gasteiger partial charge in [0.1, 0.15) is 5.69 Å². The number of rotatable bonds is 3. The number of phenols is 1. The first-order valence-electron chi connectivity index (χ1n) is 5.74. The van der Waals surface area contributed by atoms with Gasteiger partial charge in [0.25, 0.3) is 5.56 Å². The lowest BCUT2D eigenvalue weighted by Gasteiger charge is -2.06. The van der Waals surface area contributed by atoms with Crippen molar-refractivity contribution in [2.75, 3.05) is 7.11 Å². The summed E-state index contributed by atoms with van der Waals surface area (Å²) in [7, 11) is 1.41. The number of methoxy groups -OCH3 is 1. The average Bonchev–Trinajstić information content (AvgIpc) is 2.47. The highest BCUT2D eigenvalue weighted by molar-refractivity contribution is 7.71. The SMILES string of the molecule is COc1ccc(/C=N\n2c(=S)[nH]nc(C)c2=O)c(Cl)c1O. The molecule has 0 unspecified atom stereocenters. The Morgan fingerprint density at radius 3 is 2.95 bits per heavy atom. The lowest BCUT2D eigenvalue weighted by atomic mass is 10.2. The van der Waals surface area contributed by atoms with Gasteiger partial charge in [-0.15, -0.1) is 0 Å². The standard InChI is InChI=1S/C12H11ClN4O3S/c1-6-11(19)17(12(21)16-15-6)14-5-7-3-4-8(20-2)10(18)9(7)13/h3-5,18H,1-2H3,(H,16,21)/b14-5-. The number of benzene rings is 1. The minimum Gasteiger partial charge on any atom is -0.503 e. The van der Waals surface area contributed by atoms with Crippen molar-refractivity contribution >= 4 is 30.0 Å². The van der Waals surface area contributed by atoms with Crippen LogP contribution < -0.4 is 10.3 Å². The maximum Gasteiger partial charge on any atom is 0.296 e. The molecule has 0 amide bonds. The van der Waals surface area contributed by atoms with E-state index in [2.05, 4.69) is 15.3 Å². The van der Waals surface area contributed by atoms with Gasteiger partial charge in [-0.2, -0.15) is 14.9 Å². The minimum atomic E-state index is -0.441. The molecule has 0 radical (unpaired) electrons. The van der Waals surface area contributed by atoms with Gasteiger partial charge in [-0.3, -0.25) is 9.89 Å². The molecule has 0 atom stereocenters. The highest BCUT2D eigenvalue weighted by Crippen LogP contribution is 2.35. The van der Waals surface area contributed by atoms with E-state index < -0.39 is 5.56 Å². The summed E-state index contributed by atoms with van der Waals surface area (Å²) in [5.74, 6) is 0.0397. The highest BCUT2D eigenvalue weighted by Gasteiger charge is 2.10. The summed E-state index contributed by atoms with van der Waals surface area (Å²) in [5.41, 5.74) is 0.194. The molecule has 0 fully saturated rings. The van der Waals surface area contributed by atoms with Crippen LogP contribution in [0.15, 0.2) is 22.0 Å². The van der Waals surface area contributed by atoms with Crippen molar-refractivity contribution in [3.63, 3.8) is 0 Å². The number of phenolic OH excluding ortho intramolecular Hbond substituents is 1. The zero-order chi connectivity index (χ0) is 15.6. The number of aromatic amines is 1. The second-order valence-electron chi connectivity index (χ2n) is 4.00. The van der Waals surface area contributed by atoms with E-state index in [-0.39, 0.29) is 27.0 Å². The van der Waals surface area contributed by atoms with Crippen LogP contribution in [-0.2, 0) is 0 Å². The molecule has 2 rings (SSSR count). The van der Waals surface area contributed by atoms with Gasteiger partial charge in [-0.1, -0.05) is 11.6 Å². The van der Waals surface area contributed by atoms with Crippen molar-refractivity contribution in [2.24, 2.45) is 5.10 Å². The molecular weight excluding hydrogens is 316 g/mol. The molecule has 0 aliphatic rings. The fourth-order valence-corrected chi connectivity index (χ4v) is 1.90. The summed E-state index contributed by atoms with van der Waals surface area (Å²) >= 11 is 10.9. The third kappa shape index (κ3) is 2.96. The Labute approximate surface area is 129 Å². The summed E-state index contributed by atoms with van der Waals surface area (Å²) in [4.78, 5) is 11.9. The Morgan fingerprint density at radius 1 is 1.57 bits per heavy atom. The predicted molar refractivity (Wildman–Crippen MR) is 81.1 cm³/mol. The normalized spacial score (nSPS) is 11.0. The van der Waals surface area contributed by atoms with Gasteiger partial charge in [0.05, 0.1) is 18.3 Å². The van der Waals surface area contributed by atoms with E-state index in [9.17, 15) is 9.90 Å². The summed E-state index contributed by atoms with van der Waals surface area (Å²) in [6.45, 7) is 1.53. The van der Waals surface area contributed by atoms with Gasteiger partial charge in [-0.05, 0) is 31.3 Å². The van der Waals surface area contributed by atoms with Crippen molar-refractivity contribution in [3.8, 4) is 11.5 Å². The molecule has 0 bridgehead atoms. The third-order valence-electron chi connectivity index (χ3n) is 2.65. The van der Waals surface area contributed by atoms with Crippen LogP contribution in [0.4, 0.5) is 0 Å². The molecule has 0 saturated heterocycles. The molecule has 21 heavy (non-hydrogen) atoms. The Bertz CT molecular complexity index is 828. The van der Waals surface area contributed by atoms with Crippen LogP contribution in [0, 0.1) is 11.7 Å². The molecule has 2 aromatic rings. The second kappa shape index (κ2) is 6.06. The number of hydrogen-bond acceptors (Lipinski definition) is 6. The molecule has 9 heteroatoms. The molecule has 110 valence electrons. The van der Waals surface area contributed by atoms with Crippen LogP contribution in [0.1, 0.15) is 11.3 Å². The molecule has 2 N–H and O–H groups in total. The summed E-state index contributed by atoms with van der Waals surface area (Å²) in [5, 5.41) is 20.1. The summed E-state index contributed by atoms with van der Waals surface area (Å²) < 4.78 is 5.97. The molecule has 0 spiro atoms. The van der Waals surface area contributed by atoms with Crippen LogP contribution >= 0.6 is 23.8 Å². The fraction of sp³-hybridized carbons (Fsp3) is 0.167. The van der Waals surface area contributed by atoms with Crippen molar-refractivity contribution in [1.29, 1.82) is 0 Å². The van der Waals surface area contributed by atoms with Crippen LogP contribution in [-0.4, -0.2) is 33.3 Å². The lowest BCUT2D eigenvalue weighted by molar-refractivity contribution is 0.373. The quantitative estimate of drug-likeness (QED) is 0.663. The van der Waals surface area contributed by atoms with Gasteiger partial charge in [-0.25, -0.2) is 0 Å². The zero-order valence-electron chi connectivity index (χ0n) is 11.1. The summed E-state index contributed by atoms with van der Waals surface area (Å²) in [6.07, 6.45) is 1.31. The van der Waals surface area contributed by atoms with Crippen molar-refractivity contribution in [2.45, 2.75) is 6.92 Å². The van der Waals surface area contributed by atoms with Crippen molar-refractivity contribution < 1.29 is 9.84 Å². The number of aromatic hydroxyl groups is 1. The van der Waals surface area contributed by atoms with E-state index in [0.29, 0.717) is 5.56 Å². The number of aromatic nitrogens is 3. The molecular formula is C12H11ClN4O3S. The molecule has 1 aromatic carbocycles. The van der Waals surface area contributed by atoms with Gasteiger partial charge in [0, 0.05) is 5.56 Å². The highest BCUT2D eigenvalue weighted by atomic mass is 35.5. The molecule has 1 heterocycles. The lowest BCUT2D eigenvalue weighted by Crippen LogP contribution is -2.22. The number of ether oxygens (including phenoxy) is 1. The number of halogens is 1. The average molecular weight is 327 g/mol. The van der Waals surface area contributed by atoms with Gasteiger partial charge in [0.2, 0.25) is 4.77 Å². The molecule has 0 aliphatic heterocycles. The number of nitrogens with one attached hydrogen (secondary N) is 1. The fourth-order valence-electron chi connectivity index (χ4n) is 1.52. The molecule has 7 nitrogen and oxygen atoms in total. The Kier molecular flexibility index (Phi) is 4.39. The number of nitrogens with zero attached hydrogens (tertiary/aromatic N) is 3. The van der Waals surface area contributed by atoms with Crippen molar-refractivity contribution in [3.05, 3.63) is 43.5 Å². The third-order valence-corrected chi connectivity index (χ3v) is 3.32. The Hall–Kier alpha value is -2.19. The van der Waals surface area contributed by atoms with Crippen LogP contribution in [0.2, 0.25) is 5.02 Å². The van der Waals surface area contributed by atoms with E-state index in [0.717, 1.165) is 4.68 Å². The van der Waals surface area contributed by atoms with Crippen LogP contribution in [0.3, 0.4) is 0 Å². The summed E-state index contributed by atoms with van der Waals surface area (Å²) in [6, 6.07) is 3.13.